The summed E-state index contributed by atoms with van der Waals surface area (Å²) in [6.07, 6.45) is -1.12. The van der Waals surface area contributed by atoms with Gasteiger partial charge in [0.25, 0.3) is 0 Å². The number of hydrogen-bond donors (Lipinski definition) is 2. The molecular weight excluding hydrogens is 475 g/mol. The van der Waals surface area contributed by atoms with Crippen molar-refractivity contribution in [3.05, 3.63) is 30.1 Å². The molecule has 2 fully saturated rings. The second-order valence-electron chi connectivity index (χ2n) is 10.4. The molecule has 1 aromatic carbocycles. The van der Waals surface area contributed by atoms with E-state index in [1.807, 2.05) is 7.05 Å². The molecule has 11 heteroatoms. The molecule has 3 unspecified atom stereocenters. The van der Waals surface area contributed by atoms with Gasteiger partial charge in [0.05, 0.1) is 16.5 Å². The number of benzene rings is 1. The van der Waals surface area contributed by atoms with Gasteiger partial charge >= 0.3 is 12.1 Å². The summed E-state index contributed by atoms with van der Waals surface area (Å²) >= 11 is 0. The summed E-state index contributed by atoms with van der Waals surface area (Å²) in [5, 5.41) is 13.4. The van der Waals surface area contributed by atoms with Crippen LogP contribution in [0.4, 0.5) is 19.0 Å². The quantitative estimate of drug-likeness (QED) is 0.610. The lowest BCUT2D eigenvalue weighted by Crippen LogP contribution is -2.58. The first-order valence-corrected chi connectivity index (χ1v) is 12.2. The van der Waals surface area contributed by atoms with Crippen molar-refractivity contribution < 1.29 is 27.9 Å². The molecule has 2 aromatic rings. The molecule has 1 amide bonds. The van der Waals surface area contributed by atoms with Gasteiger partial charge in [0.15, 0.2) is 0 Å². The Labute approximate surface area is 207 Å². The van der Waals surface area contributed by atoms with Gasteiger partial charge in [0, 0.05) is 30.1 Å². The molecule has 1 saturated heterocycles. The Hall–Kier alpha value is -2.95. The number of hydrogen-bond acceptors (Lipinski definition) is 6. The number of nitrogens with one attached hydrogen (secondary N) is 1. The lowest BCUT2D eigenvalue weighted by Gasteiger charge is -2.48. The van der Waals surface area contributed by atoms with Crippen molar-refractivity contribution in [2.24, 2.45) is 5.41 Å². The molecule has 2 N–H and O–H groups in total. The highest BCUT2D eigenvalue weighted by molar-refractivity contribution is 5.93. The Morgan fingerprint density at radius 3 is 2.61 bits per heavy atom. The number of carbonyl (C=O) groups excluding carboxylic acids is 1. The zero-order valence-electron chi connectivity index (χ0n) is 20.8. The molecule has 4 atom stereocenters. The van der Waals surface area contributed by atoms with E-state index in [1.165, 1.54) is 12.4 Å². The number of anilines is 1. The van der Waals surface area contributed by atoms with E-state index >= 15 is 0 Å². The summed E-state index contributed by atoms with van der Waals surface area (Å²) < 4.78 is 39.8. The lowest BCUT2D eigenvalue weighted by atomic mass is 9.68. The fourth-order valence-electron chi connectivity index (χ4n) is 5.55. The van der Waals surface area contributed by atoms with Crippen molar-refractivity contribution in [3.8, 4) is 0 Å². The van der Waals surface area contributed by atoms with Crippen molar-refractivity contribution in [1.29, 1.82) is 0 Å². The van der Waals surface area contributed by atoms with Gasteiger partial charge in [0.1, 0.15) is 18.2 Å². The van der Waals surface area contributed by atoms with Crippen LogP contribution in [0.1, 0.15) is 52.0 Å². The predicted molar refractivity (Wildman–Crippen MR) is 128 cm³/mol. The molecule has 4 rings (SSSR count). The van der Waals surface area contributed by atoms with Crippen LogP contribution in [-0.4, -0.2) is 74.5 Å². The molecule has 0 radical (unpaired) electrons. The Balaban J connectivity index is 1.56. The molecule has 1 aromatic heterocycles. The summed E-state index contributed by atoms with van der Waals surface area (Å²) in [5.41, 5.74) is -1.61. The van der Waals surface area contributed by atoms with Crippen molar-refractivity contribution in [3.63, 3.8) is 0 Å². The van der Waals surface area contributed by atoms with Crippen molar-refractivity contribution in [1.82, 2.24) is 19.8 Å². The topological polar surface area (TPSA) is 98.7 Å². The predicted octanol–water partition coefficient (Wildman–Crippen LogP) is 4.01. The summed E-state index contributed by atoms with van der Waals surface area (Å²) in [7, 11) is 2.00. The van der Waals surface area contributed by atoms with Crippen LogP contribution in [0.25, 0.3) is 10.9 Å². The van der Waals surface area contributed by atoms with E-state index in [0.29, 0.717) is 31.3 Å². The molecule has 196 valence electrons. The third-order valence-electron chi connectivity index (χ3n) is 7.94. The second kappa shape index (κ2) is 9.49. The van der Waals surface area contributed by atoms with Gasteiger partial charge < -0.3 is 20.2 Å². The van der Waals surface area contributed by atoms with Crippen molar-refractivity contribution >= 4 is 28.6 Å². The van der Waals surface area contributed by atoms with Gasteiger partial charge in [-0.3, -0.25) is 9.59 Å². The number of alkyl halides is 3. The number of nitrogens with zero attached hydrogens (tertiary/aromatic N) is 4. The summed E-state index contributed by atoms with van der Waals surface area (Å²) in [5.74, 6) is -1.04. The highest BCUT2D eigenvalue weighted by Crippen LogP contribution is 2.43. The average Bonchev–Trinajstić information content (AvgIpc) is 3.17. The Morgan fingerprint density at radius 2 is 1.97 bits per heavy atom. The maximum Gasteiger partial charge on any atom is 0.416 e. The molecule has 2 heterocycles. The fraction of sp³-hybridized carbons (Fsp3) is 0.600. The van der Waals surface area contributed by atoms with Crippen LogP contribution >= 0.6 is 0 Å². The number of halogens is 3. The summed E-state index contributed by atoms with van der Waals surface area (Å²) in [6.45, 7) is 6.22. The molecule has 2 aliphatic rings. The van der Waals surface area contributed by atoms with Gasteiger partial charge in [-0.25, -0.2) is 9.97 Å². The van der Waals surface area contributed by atoms with E-state index in [-0.39, 0.29) is 29.2 Å². The molecule has 1 aliphatic carbocycles. The molecule has 36 heavy (non-hydrogen) atoms. The number of carboxylic acid groups (broad SMARTS) is 1. The van der Waals surface area contributed by atoms with Gasteiger partial charge in [-0.05, 0) is 71.7 Å². The summed E-state index contributed by atoms with van der Waals surface area (Å²) in [4.78, 5) is 37.8. The third kappa shape index (κ3) is 4.72. The molecule has 1 saturated carbocycles. The number of amides is 1. The largest absolute Gasteiger partial charge is 0.481 e. The van der Waals surface area contributed by atoms with E-state index in [1.54, 1.807) is 11.8 Å². The molecular formula is C25H32F3N5O3. The van der Waals surface area contributed by atoms with Gasteiger partial charge in [-0.15, -0.1) is 0 Å². The molecule has 1 aliphatic heterocycles. The number of aliphatic carboxylic acids is 1. The number of fused-ring (bicyclic) bond motifs is 1. The lowest BCUT2D eigenvalue weighted by molar-refractivity contribution is -0.159. The minimum atomic E-state index is -4.52. The zero-order valence-corrected chi connectivity index (χ0v) is 20.8. The van der Waals surface area contributed by atoms with E-state index in [4.69, 9.17) is 0 Å². The Morgan fingerprint density at radius 1 is 1.25 bits per heavy atom. The standard InChI is InChI=1S/C25H32F3N5O3/c1-14(2)32(4)16-6-8-20(24(3,12-16)23(35)36)33-10-9-19(22(33)34)31-21-17-11-15(25(26,27)28)5-7-18(17)29-13-30-21/h5,7,11,13-14,16,19-20H,6,8-10,12H2,1-4H3,(H,35,36)(H,29,30,31)/t16?,19-,20?,24?/m0/s1. The first-order valence-electron chi connectivity index (χ1n) is 12.2. The number of aromatic nitrogens is 2. The van der Waals surface area contributed by atoms with Gasteiger partial charge in [-0.2, -0.15) is 13.2 Å². The van der Waals surface area contributed by atoms with Crippen LogP contribution in [0.3, 0.4) is 0 Å². The smallest absolute Gasteiger partial charge is 0.416 e. The highest BCUT2D eigenvalue weighted by atomic mass is 19.4. The maximum absolute atomic E-state index is 13.4. The Kier molecular flexibility index (Phi) is 6.89. The van der Waals surface area contributed by atoms with Crippen LogP contribution < -0.4 is 5.32 Å². The second-order valence-corrected chi connectivity index (χ2v) is 10.4. The van der Waals surface area contributed by atoms with E-state index < -0.39 is 35.2 Å². The minimum Gasteiger partial charge on any atom is -0.481 e. The number of carbonyl (C=O) groups is 2. The molecule has 0 spiro atoms. The van der Waals surface area contributed by atoms with E-state index in [0.717, 1.165) is 18.6 Å². The van der Waals surface area contributed by atoms with Crippen LogP contribution in [0.2, 0.25) is 0 Å². The number of rotatable bonds is 6. The Bertz CT molecular complexity index is 1160. The summed E-state index contributed by atoms with van der Waals surface area (Å²) in [6, 6.07) is 2.40. The normalized spacial score (nSPS) is 27.3. The van der Waals surface area contributed by atoms with Crippen LogP contribution in [-0.2, 0) is 15.8 Å². The number of carboxylic acids is 1. The first-order chi connectivity index (χ1) is 16.8. The van der Waals surface area contributed by atoms with Crippen LogP contribution in [0.15, 0.2) is 24.5 Å². The van der Waals surface area contributed by atoms with E-state index in [9.17, 15) is 27.9 Å². The first kappa shape index (κ1) is 26.1. The van der Waals surface area contributed by atoms with Crippen LogP contribution in [0.5, 0.6) is 0 Å². The van der Waals surface area contributed by atoms with Gasteiger partial charge in [0.2, 0.25) is 5.91 Å². The van der Waals surface area contributed by atoms with E-state index in [2.05, 4.69) is 34.0 Å². The SMILES string of the molecule is CC(C)N(C)C1CCC(N2CC[C@H](Nc3ncnc4ccc(C(F)(F)F)cc34)C2=O)C(C)(C(=O)O)C1. The minimum absolute atomic E-state index is 0.101. The third-order valence-corrected chi connectivity index (χ3v) is 7.94. The highest BCUT2D eigenvalue weighted by Gasteiger charge is 2.52. The van der Waals surface area contributed by atoms with Gasteiger partial charge in [-0.1, -0.05) is 0 Å². The van der Waals surface area contributed by atoms with Crippen LogP contribution in [0, 0.1) is 5.41 Å². The maximum atomic E-state index is 13.4. The molecule has 0 bridgehead atoms. The monoisotopic (exact) mass is 507 g/mol. The number of likely N-dealkylation sites (tertiary alicyclic amines) is 1. The fourth-order valence-corrected chi connectivity index (χ4v) is 5.55. The van der Waals surface area contributed by atoms with Crippen molar-refractivity contribution in [2.45, 2.75) is 76.8 Å². The zero-order chi connectivity index (χ0) is 26.4. The average molecular weight is 508 g/mol. The molecule has 8 nitrogen and oxygen atoms in total. The van der Waals surface area contributed by atoms with Crippen molar-refractivity contribution in [2.75, 3.05) is 18.9 Å².